The Morgan fingerprint density at radius 2 is 1.23 bits per heavy atom. The van der Waals surface area contributed by atoms with Crippen LogP contribution in [0.4, 0.5) is 5.69 Å². The Morgan fingerprint density at radius 1 is 0.732 bits per heavy atom. The van der Waals surface area contributed by atoms with Crippen LogP contribution in [0, 0.1) is 5.92 Å². The molecule has 0 bridgehead atoms. The molecule has 56 heavy (non-hydrogen) atoms. The Balaban J connectivity index is 0.00000203. The van der Waals surface area contributed by atoms with Gasteiger partial charge < -0.3 is 33.4 Å². The minimum absolute atomic E-state index is 0.462. The van der Waals surface area contributed by atoms with Gasteiger partial charge in [-0.1, -0.05) is 136 Å². The number of nitrogens with zero attached hydrogens (tertiary/aromatic N) is 2. The number of unbranched alkanes of at least 4 members (excludes halogenated alkanes) is 17. The molecule has 318 valence electrons. The summed E-state index contributed by atoms with van der Waals surface area (Å²) in [7, 11) is 0. The molecule has 1 aromatic carbocycles. The zero-order chi connectivity index (χ0) is 41.0. The van der Waals surface area contributed by atoms with Crippen LogP contribution in [0.2, 0.25) is 0 Å². The highest BCUT2D eigenvalue weighted by Gasteiger charge is 2.22. The Labute approximate surface area is 341 Å². The van der Waals surface area contributed by atoms with Crippen LogP contribution in [0.25, 0.3) is 22.3 Å². The summed E-state index contributed by atoms with van der Waals surface area (Å²) in [6.45, 7) is 15.0. The lowest BCUT2D eigenvalue weighted by Gasteiger charge is -2.24. The first-order valence-electron chi connectivity index (χ1n) is 22.2. The van der Waals surface area contributed by atoms with Crippen molar-refractivity contribution in [2.75, 3.05) is 31.1 Å². The van der Waals surface area contributed by atoms with Crippen molar-refractivity contribution >= 4 is 34.0 Å². The Hall–Kier alpha value is -2.79. The largest absolute Gasteiger partial charge is 0.750 e. The van der Waals surface area contributed by atoms with Crippen molar-refractivity contribution < 1.29 is 32.7 Å². The molecule has 3 rings (SSSR count). The monoisotopic (exact) mass is 799 g/mol. The smallest absolute Gasteiger partial charge is 0.203 e. The standard InChI is InChI=1S/C46H74N2O3.H2O4S/c1-6-11-14-15-16-17-18-19-20-21-22-23-24-25-26-27-28-38(46(49)50)35-43-41-31-29-39(47(9-4)10-5)36-44(41)51-45-37-40(30-32-42(43)45)48(33-12-7-2)34-13-8-3;1-4-5(2)3/h29-32,36-38H,6-28,33-35H2,1-5H3;1H,(H,2,3)/p-2. The van der Waals surface area contributed by atoms with Crippen LogP contribution in [-0.2, 0) is 26.9 Å². The van der Waals surface area contributed by atoms with Crippen molar-refractivity contribution in [2.24, 2.45) is 5.92 Å². The molecule has 2 aliphatic rings. The Morgan fingerprint density at radius 3 is 1.70 bits per heavy atom. The summed E-state index contributed by atoms with van der Waals surface area (Å²) in [5, 5.41) is 23.3. The number of hydrogen-bond donors (Lipinski definition) is 0. The second-order valence-corrected chi connectivity index (χ2v) is 15.9. The number of carboxylic acid groups (broad SMARTS) is 1. The fourth-order valence-corrected chi connectivity index (χ4v) is 7.71. The van der Waals surface area contributed by atoms with Crippen LogP contribution < -0.4 is 25.2 Å². The van der Waals surface area contributed by atoms with E-state index in [4.69, 9.17) is 18.4 Å². The molecule has 0 spiro atoms. The molecular formula is C46H74N2O7S-2. The second-order valence-electron chi connectivity index (χ2n) is 15.4. The van der Waals surface area contributed by atoms with Crippen molar-refractivity contribution in [2.45, 2.75) is 176 Å². The maximum absolute atomic E-state index is 12.6. The Bertz CT molecular complexity index is 1540. The number of carbonyl (C=O) groups excluding carboxylic acids is 1. The summed E-state index contributed by atoms with van der Waals surface area (Å²) in [5.74, 6) is -0.609. The van der Waals surface area contributed by atoms with E-state index in [0.29, 0.717) is 12.8 Å². The van der Waals surface area contributed by atoms with E-state index in [-0.39, 0.29) is 0 Å². The molecule has 0 aromatic heterocycles. The van der Waals surface area contributed by atoms with Gasteiger partial charge in [-0.3, -0.25) is 0 Å². The SMILES string of the molecule is CCCCCCCCCCCCCCCCCCC(Cc1c2ccc(=[N+](CCCC)CCCC)cc-2oc2cc(N(CC)CC)ccc12)C(=O)[O-].O=S([O-])O[O-]. The maximum Gasteiger partial charge on any atom is 0.203 e. The minimum atomic E-state index is -2.88. The molecular weight excluding hydrogens is 725 g/mol. The number of anilines is 1. The third-order valence-corrected chi connectivity index (χ3v) is 11.2. The number of carbonyl (C=O) groups is 1. The summed E-state index contributed by atoms with van der Waals surface area (Å²) < 4.78 is 29.3. The topological polar surface area (TPSA) is 132 Å². The normalized spacial score (nSPS) is 12.4. The van der Waals surface area contributed by atoms with Gasteiger partial charge in [-0.2, -0.15) is 0 Å². The quantitative estimate of drug-likeness (QED) is 0.0163. The van der Waals surface area contributed by atoms with Crippen molar-refractivity contribution in [1.29, 1.82) is 0 Å². The molecule has 9 nitrogen and oxygen atoms in total. The van der Waals surface area contributed by atoms with Crippen LogP contribution in [-0.4, -0.2) is 40.9 Å². The number of rotatable bonds is 30. The van der Waals surface area contributed by atoms with Gasteiger partial charge in [0.25, 0.3) is 0 Å². The molecule has 2 atom stereocenters. The summed E-state index contributed by atoms with van der Waals surface area (Å²) in [4.78, 5) is 14.9. The highest BCUT2D eigenvalue weighted by molar-refractivity contribution is 7.73. The zero-order valence-corrected chi connectivity index (χ0v) is 36.4. The molecule has 1 aromatic rings. The van der Waals surface area contributed by atoms with E-state index >= 15 is 0 Å². The fraction of sp³-hybridized carbons (Fsp3) is 0.696. The summed E-state index contributed by atoms with van der Waals surface area (Å²) in [6.07, 6.45) is 26.8. The fourth-order valence-electron chi connectivity index (χ4n) is 7.71. The van der Waals surface area contributed by atoms with E-state index in [9.17, 15) is 9.90 Å². The number of aliphatic carboxylic acids is 1. The van der Waals surface area contributed by atoms with Gasteiger partial charge in [-0.15, -0.1) is 0 Å². The molecule has 0 radical (unpaired) electrons. The summed E-state index contributed by atoms with van der Waals surface area (Å²) in [6, 6.07) is 13.0. The van der Waals surface area contributed by atoms with Gasteiger partial charge in [-0.05, 0) is 50.5 Å². The lowest BCUT2D eigenvalue weighted by molar-refractivity contribution is -0.635. The second kappa shape index (κ2) is 30.3. The van der Waals surface area contributed by atoms with Gasteiger partial charge in [0.05, 0.1) is 17.4 Å². The molecule has 0 saturated carbocycles. The highest BCUT2D eigenvalue weighted by Crippen LogP contribution is 2.36. The molecule has 0 N–H and O–H groups in total. The van der Waals surface area contributed by atoms with Gasteiger partial charge >= 0.3 is 0 Å². The van der Waals surface area contributed by atoms with Crippen molar-refractivity contribution in [3.8, 4) is 11.3 Å². The maximum atomic E-state index is 12.6. The lowest BCUT2D eigenvalue weighted by atomic mass is 9.88. The van der Waals surface area contributed by atoms with Crippen LogP contribution in [0.3, 0.4) is 0 Å². The van der Waals surface area contributed by atoms with Gasteiger partial charge in [0, 0.05) is 66.6 Å². The first-order chi connectivity index (χ1) is 27.2. The average Bonchev–Trinajstić information content (AvgIpc) is 3.20. The van der Waals surface area contributed by atoms with E-state index in [2.05, 4.69) is 84.8 Å². The van der Waals surface area contributed by atoms with Gasteiger partial charge in [-0.25, -0.2) is 8.78 Å². The number of benzene rings is 2. The first kappa shape index (κ1) is 49.4. The van der Waals surface area contributed by atoms with Crippen LogP contribution in [0.1, 0.15) is 175 Å². The number of fused-ring (bicyclic) bond motifs is 2. The van der Waals surface area contributed by atoms with E-state index in [1.807, 2.05) is 0 Å². The molecule has 0 amide bonds. The summed E-state index contributed by atoms with van der Waals surface area (Å²) >= 11 is -2.88. The Kier molecular flexibility index (Phi) is 26.7. The summed E-state index contributed by atoms with van der Waals surface area (Å²) in [5.41, 5.74) is 4.05. The molecule has 0 saturated heterocycles. The number of carboxylic acids is 1. The average molecular weight is 799 g/mol. The van der Waals surface area contributed by atoms with E-state index < -0.39 is 23.2 Å². The predicted molar refractivity (Wildman–Crippen MR) is 228 cm³/mol. The molecule has 0 fully saturated rings. The predicted octanol–water partition coefficient (Wildman–Crippen LogP) is 9.39. The molecule has 1 heterocycles. The van der Waals surface area contributed by atoms with Crippen LogP contribution >= 0.6 is 0 Å². The van der Waals surface area contributed by atoms with Crippen molar-refractivity contribution in [3.63, 3.8) is 0 Å². The van der Waals surface area contributed by atoms with Crippen LogP contribution in [0.15, 0.2) is 40.8 Å². The van der Waals surface area contributed by atoms with E-state index in [1.165, 1.54) is 95.2 Å². The molecule has 10 heteroatoms. The molecule has 1 aliphatic carbocycles. The third kappa shape index (κ3) is 18.6. The third-order valence-electron chi connectivity index (χ3n) is 11.1. The lowest BCUT2D eigenvalue weighted by Crippen LogP contribution is -2.33. The van der Waals surface area contributed by atoms with Crippen LogP contribution in [0.5, 0.6) is 0 Å². The van der Waals surface area contributed by atoms with E-state index in [1.54, 1.807) is 0 Å². The van der Waals surface area contributed by atoms with Crippen molar-refractivity contribution in [1.82, 2.24) is 4.58 Å². The first-order valence-corrected chi connectivity index (χ1v) is 23.2. The highest BCUT2D eigenvalue weighted by atomic mass is 32.2. The minimum Gasteiger partial charge on any atom is -0.750 e. The number of hydrogen-bond acceptors (Lipinski definition) is 8. The van der Waals surface area contributed by atoms with Gasteiger partial charge in [0.1, 0.15) is 24.4 Å². The van der Waals surface area contributed by atoms with E-state index in [0.717, 1.165) is 98.2 Å². The van der Waals surface area contributed by atoms with Gasteiger partial charge in [0.15, 0.2) is 0 Å². The zero-order valence-electron chi connectivity index (χ0n) is 35.6. The molecule has 1 aliphatic heterocycles. The van der Waals surface area contributed by atoms with Gasteiger partial charge in [0.2, 0.25) is 5.36 Å². The molecule has 2 unspecified atom stereocenters. The van der Waals surface area contributed by atoms with Crippen molar-refractivity contribution in [3.05, 3.63) is 47.3 Å².